The second kappa shape index (κ2) is 4.78. The molecule has 0 aromatic rings. The highest BCUT2D eigenvalue weighted by molar-refractivity contribution is 5.79. The standard InChI is InChI=1S/C19H29FO2/c1-18-8-7-12(21)9-11(18)3-4-13-14-5-6-16(22)19(14,2)10-15(20)17(13)18/h11,13-17,22H,3-10H2,1-2H3/t11-,13?,14?,15?,16-,17?,18-,19-/m0/s1. The van der Waals surface area contributed by atoms with Crippen LogP contribution in [0.25, 0.3) is 0 Å². The highest BCUT2D eigenvalue weighted by Gasteiger charge is 2.63. The first kappa shape index (κ1) is 15.1. The number of fused-ring (bicyclic) bond motifs is 5. The number of carbonyl (C=O) groups is 1. The lowest BCUT2D eigenvalue weighted by Crippen LogP contribution is -2.58. The number of carbonyl (C=O) groups excluding carboxylic acids is 1. The molecule has 3 heteroatoms. The summed E-state index contributed by atoms with van der Waals surface area (Å²) in [6.07, 6.45) is 5.64. The minimum atomic E-state index is -0.806. The number of Topliss-reactive ketones (excluding diaryl/α,β-unsaturated/α-hetero) is 1. The number of hydrogen-bond donors (Lipinski definition) is 1. The minimum absolute atomic E-state index is 0.00508. The van der Waals surface area contributed by atoms with Gasteiger partial charge in [0, 0.05) is 12.8 Å². The van der Waals surface area contributed by atoms with Crippen molar-refractivity contribution in [3.8, 4) is 0 Å². The summed E-state index contributed by atoms with van der Waals surface area (Å²) in [5.74, 6) is 1.79. The lowest BCUT2D eigenvalue weighted by Gasteiger charge is -2.60. The summed E-state index contributed by atoms with van der Waals surface area (Å²) in [5.41, 5.74) is -0.209. The van der Waals surface area contributed by atoms with Crippen molar-refractivity contribution in [1.29, 1.82) is 0 Å². The molecule has 0 spiro atoms. The van der Waals surface area contributed by atoms with Crippen molar-refractivity contribution in [3.63, 3.8) is 0 Å². The SMILES string of the molecule is C[C@]12CC(F)C3C(CC[C@H]4CC(=O)CC[C@]34C)C1CC[C@@H]2O. The van der Waals surface area contributed by atoms with E-state index in [2.05, 4.69) is 13.8 Å². The van der Waals surface area contributed by atoms with Crippen LogP contribution in [-0.2, 0) is 4.79 Å². The molecule has 4 fully saturated rings. The molecule has 0 amide bonds. The summed E-state index contributed by atoms with van der Waals surface area (Å²) in [6.45, 7) is 4.39. The van der Waals surface area contributed by atoms with Crippen molar-refractivity contribution in [2.75, 3.05) is 0 Å². The summed E-state index contributed by atoms with van der Waals surface area (Å²) in [5, 5.41) is 10.4. The van der Waals surface area contributed by atoms with Gasteiger partial charge in [0.1, 0.15) is 12.0 Å². The van der Waals surface area contributed by atoms with Gasteiger partial charge in [-0.3, -0.25) is 4.79 Å². The highest BCUT2D eigenvalue weighted by Crippen LogP contribution is 2.66. The van der Waals surface area contributed by atoms with Gasteiger partial charge in [0.25, 0.3) is 0 Å². The normalized spacial score (nSPS) is 57.9. The third kappa shape index (κ3) is 1.84. The number of aliphatic hydroxyl groups excluding tert-OH is 1. The Morgan fingerprint density at radius 1 is 1.14 bits per heavy atom. The third-order valence-electron chi connectivity index (χ3n) is 8.32. The number of rotatable bonds is 0. The van der Waals surface area contributed by atoms with Crippen molar-refractivity contribution >= 4 is 5.78 Å². The van der Waals surface area contributed by atoms with E-state index >= 15 is 4.39 Å². The average Bonchev–Trinajstić information content (AvgIpc) is 2.75. The fourth-order valence-electron chi connectivity index (χ4n) is 7.07. The van der Waals surface area contributed by atoms with Gasteiger partial charge < -0.3 is 5.11 Å². The van der Waals surface area contributed by atoms with Gasteiger partial charge in [-0.1, -0.05) is 13.8 Å². The molecule has 2 nitrogen and oxygen atoms in total. The van der Waals surface area contributed by atoms with E-state index in [0.717, 1.165) is 32.1 Å². The predicted octanol–water partition coefficient (Wildman–Crippen LogP) is 3.91. The molecule has 1 N–H and O–H groups in total. The van der Waals surface area contributed by atoms with Crippen LogP contribution in [0.1, 0.15) is 65.2 Å². The van der Waals surface area contributed by atoms with Gasteiger partial charge in [-0.05, 0) is 73.0 Å². The lowest BCUT2D eigenvalue weighted by molar-refractivity contribution is -0.161. The van der Waals surface area contributed by atoms with Crippen LogP contribution in [0.4, 0.5) is 4.39 Å². The van der Waals surface area contributed by atoms with E-state index in [-0.39, 0.29) is 22.9 Å². The number of halogens is 1. The second-order valence-electron chi connectivity index (χ2n) is 9.14. The third-order valence-corrected chi connectivity index (χ3v) is 8.32. The maximum absolute atomic E-state index is 15.3. The van der Waals surface area contributed by atoms with Gasteiger partial charge in [-0.2, -0.15) is 0 Å². The van der Waals surface area contributed by atoms with Crippen LogP contribution in [-0.4, -0.2) is 23.2 Å². The molecule has 4 aliphatic rings. The van der Waals surface area contributed by atoms with Gasteiger partial charge in [0.2, 0.25) is 0 Å². The fourth-order valence-corrected chi connectivity index (χ4v) is 7.07. The van der Waals surface area contributed by atoms with Crippen LogP contribution in [0.5, 0.6) is 0 Å². The minimum Gasteiger partial charge on any atom is -0.393 e. The molecule has 4 saturated carbocycles. The van der Waals surface area contributed by atoms with Crippen molar-refractivity contribution < 1.29 is 14.3 Å². The number of ketones is 1. The Bertz CT molecular complexity index is 492. The van der Waals surface area contributed by atoms with Crippen LogP contribution in [0.3, 0.4) is 0 Å². The molecular formula is C19H29FO2. The Morgan fingerprint density at radius 3 is 2.68 bits per heavy atom. The Kier molecular flexibility index (Phi) is 3.28. The molecule has 124 valence electrons. The summed E-state index contributed by atoms with van der Waals surface area (Å²) in [6, 6.07) is 0. The molecule has 0 heterocycles. The molecule has 22 heavy (non-hydrogen) atoms. The van der Waals surface area contributed by atoms with E-state index < -0.39 is 6.17 Å². The number of hydrogen-bond acceptors (Lipinski definition) is 2. The van der Waals surface area contributed by atoms with Gasteiger partial charge in [-0.15, -0.1) is 0 Å². The predicted molar refractivity (Wildman–Crippen MR) is 83.0 cm³/mol. The van der Waals surface area contributed by atoms with E-state index in [1.165, 1.54) is 0 Å². The molecule has 0 aliphatic heterocycles. The smallest absolute Gasteiger partial charge is 0.133 e. The Labute approximate surface area is 132 Å². The van der Waals surface area contributed by atoms with Crippen LogP contribution in [0.15, 0.2) is 0 Å². The molecular weight excluding hydrogens is 279 g/mol. The van der Waals surface area contributed by atoms with Crippen LogP contribution in [0, 0.1) is 34.5 Å². The fraction of sp³-hybridized carbons (Fsp3) is 0.947. The van der Waals surface area contributed by atoms with E-state index in [4.69, 9.17) is 0 Å². The monoisotopic (exact) mass is 308 g/mol. The second-order valence-corrected chi connectivity index (χ2v) is 9.14. The van der Waals surface area contributed by atoms with E-state index in [1.807, 2.05) is 0 Å². The molecule has 0 aromatic heterocycles. The van der Waals surface area contributed by atoms with E-state index in [9.17, 15) is 9.90 Å². The molecule has 4 rings (SSSR count). The van der Waals surface area contributed by atoms with E-state index in [1.54, 1.807) is 0 Å². The first-order valence-corrected chi connectivity index (χ1v) is 9.20. The van der Waals surface area contributed by atoms with Crippen molar-refractivity contribution in [3.05, 3.63) is 0 Å². The maximum Gasteiger partial charge on any atom is 0.133 e. The maximum atomic E-state index is 15.3. The zero-order chi connectivity index (χ0) is 15.7. The Morgan fingerprint density at radius 2 is 1.91 bits per heavy atom. The largest absolute Gasteiger partial charge is 0.393 e. The first-order chi connectivity index (χ1) is 10.4. The van der Waals surface area contributed by atoms with Gasteiger partial charge in [-0.25, -0.2) is 4.39 Å². The molecule has 4 aliphatic carbocycles. The first-order valence-electron chi connectivity index (χ1n) is 9.20. The number of alkyl halides is 1. The lowest BCUT2D eigenvalue weighted by atomic mass is 9.44. The van der Waals surface area contributed by atoms with Gasteiger partial charge in [0.15, 0.2) is 0 Å². The summed E-state index contributed by atoms with van der Waals surface area (Å²) in [4.78, 5) is 11.9. The van der Waals surface area contributed by atoms with E-state index in [0.29, 0.717) is 42.8 Å². The van der Waals surface area contributed by atoms with Crippen LogP contribution >= 0.6 is 0 Å². The Balaban J connectivity index is 1.69. The summed E-state index contributed by atoms with van der Waals surface area (Å²) in [7, 11) is 0. The van der Waals surface area contributed by atoms with Crippen molar-refractivity contribution in [2.45, 2.75) is 77.5 Å². The summed E-state index contributed by atoms with van der Waals surface area (Å²) < 4.78 is 15.3. The topological polar surface area (TPSA) is 37.3 Å². The summed E-state index contributed by atoms with van der Waals surface area (Å²) >= 11 is 0. The van der Waals surface area contributed by atoms with Gasteiger partial charge in [0.05, 0.1) is 6.10 Å². The average molecular weight is 308 g/mol. The van der Waals surface area contributed by atoms with Gasteiger partial charge >= 0.3 is 0 Å². The van der Waals surface area contributed by atoms with Crippen molar-refractivity contribution in [1.82, 2.24) is 0 Å². The van der Waals surface area contributed by atoms with Crippen LogP contribution < -0.4 is 0 Å². The molecule has 4 unspecified atom stereocenters. The quantitative estimate of drug-likeness (QED) is 0.737. The van der Waals surface area contributed by atoms with Crippen molar-refractivity contribution in [2.24, 2.45) is 34.5 Å². The molecule has 0 aromatic carbocycles. The van der Waals surface area contributed by atoms with Crippen LogP contribution in [0.2, 0.25) is 0 Å². The molecule has 0 radical (unpaired) electrons. The molecule has 0 saturated heterocycles. The zero-order valence-corrected chi connectivity index (χ0v) is 13.9. The zero-order valence-electron chi connectivity index (χ0n) is 13.9. The Hall–Kier alpha value is -0.440. The number of aliphatic hydroxyl groups is 1. The molecule has 8 atom stereocenters. The highest BCUT2D eigenvalue weighted by atomic mass is 19.1. The molecule has 0 bridgehead atoms.